The number of halogens is 1. The fourth-order valence-electron chi connectivity index (χ4n) is 4.45. The third-order valence-corrected chi connectivity index (χ3v) is 6.77. The Labute approximate surface area is 193 Å². The fraction of sp³-hybridized carbons (Fsp3) is 0.480. The highest BCUT2D eigenvalue weighted by molar-refractivity contribution is 6.29. The zero-order valence-corrected chi connectivity index (χ0v) is 19.2. The zero-order valence-electron chi connectivity index (χ0n) is 18.5. The van der Waals surface area contributed by atoms with Crippen molar-refractivity contribution in [1.29, 1.82) is 0 Å². The molecule has 2 aromatic heterocycles. The maximum Gasteiger partial charge on any atom is 0.178 e. The van der Waals surface area contributed by atoms with Crippen molar-refractivity contribution in [2.24, 2.45) is 11.8 Å². The molecule has 7 heteroatoms. The Balaban J connectivity index is 1.22. The molecule has 32 heavy (non-hydrogen) atoms. The Kier molecular flexibility index (Phi) is 6.30. The van der Waals surface area contributed by atoms with E-state index in [-0.39, 0.29) is 0 Å². The number of piperidine rings is 1. The quantitative estimate of drug-likeness (QED) is 0.421. The van der Waals surface area contributed by atoms with E-state index in [1.165, 1.54) is 12.8 Å². The van der Waals surface area contributed by atoms with Gasteiger partial charge in [0.05, 0.1) is 17.9 Å². The van der Waals surface area contributed by atoms with E-state index in [2.05, 4.69) is 38.5 Å². The lowest BCUT2D eigenvalue weighted by Gasteiger charge is -2.32. The Morgan fingerprint density at radius 1 is 1.09 bits per heavy atom. The first-order valence-electron chi connectivity index (χ1n) is 11.6. The topological polar surface area (TPSA) is 64.3 Å². The van der Waals surface area contributed by atoms with Gasteiger partial charge in [-0.05, 0) is 81.5 Å². The molecule has 3 aromatic rings. The summed E-state index contributed by atoms with van der Waals surface area (Å²) in [5, 5.41) is 14.1. The van der Waals surface area contributed by atoms with Gasteiger partial charge in [0.15, 0.2) is 16.6 Å². The number of aromatic nitrogens is 3. The van der Waals surface area contributed by atoms with E-state index in [1.807, 2.05) is 19.1 Å². The first kappa shape index (κ1) is 21.3. The predicted molar refractivity (Wildman–Crippen MR) is 127 cm³/mol. The average Bonchev–Trinajstić information content (AvgIpc) is 3.56. The third kappa shape index (κ3) is 4.75. The highest BCUT2D eigenvalue weighted by Gasteiger charge is 2.24. The van der Waals surface area contributed by atoms with E-state index in [4.69, 9.17) is 20.9 Å². The van der Waals surface area contributed by atoms with Crippen LogP contribution in [0.5, 0.6) is 5.75 Å². The van der Waals surface area contributed by atoms with Gasteiger partial charge in [0.1, 0.15) is 5.75 Å². The molecule has 1 aliphatic carbocycles. The van der Waals surface area contributed by atoms with E-state index in [0.717, 1.165) is 79.2 Å². The van der Waals surface area contributed by atoms with Crippen LogP contribution in [0.4, 0.5) is 5.82 Å². The van der Waals surface area contributed by atoms with Gasteiger partial charge in [-0.1, -0.05) is 28.9 Å². The monoisotopic (exact) mass is 452 g/mol. The molecule has 0 spiro atoms. The van der Waals surface area contributed by atoms with Gasteiger partial charge in [-0.15, -0.1) is 10.2 Å². The molecule has 5 rings (SSSR count). The normalized spacial score (nSPS) is 17.5. The summed E-state index contributed by atoms with van der Waals surface area (Å²) in [7, 11) is 0. The van der Waals surface area contributed by atoms with E-state index in [0.29, 0.717) is 17.0 Å². The van der Waals surface area contributed by atoms with Crippen LogP contribution in [0.2, 0.25) is 5.15 Å². The summed E-state index contributed by atoms with van der Waals surface area (Å²) in [6.07, 6.45) is 11.0. The van der Waals surface area contributed by atoms with Crippen molar-refractivity contribution in [3.63, 3.8) is 0 Å². The van der Waals surface area contributed by atoms with Crippen LogP contribution in [0, 0.1) is 11.8 Å². The van der Waals surface area contributed by atoms with Gasteiger partial charge in [0, 0.05) is 18.5 Å². The molecule has 6 nitrogen and oxygen atoms in total. The number of benzene rings is 1. The standard InChI is InChI=1S/C25H29ClN4O2/c1-2-3-20-22(31-16-18-4-5-18)9-7-19-21(29-32-25(19)20)8-6-17-12-14-30(15-13-17)24-11-10-23(26)27-28-24/h2-3,7,9-11,17-18H,4-6,8,12-16H2,1H3/b3-2-. The van der Waals surface area contributed by atoms with Crippen LogP contribution in [-0.4, -0.2) is 35.1 Å². The Bertz CT molecular complexity index is 1080. The molecule has 3 heterocycles. The number of nitrogens with zero attached hydrogens (tertiary/aromatic N) is 4. The van der Waals surface area contributed by atoms with Crippen LogP contribution in [0.25, 0.3) is 17.0 Å². The van der Waals surface area contributed by atoms with Crippen molar-refractivity contribution < 1.29 is 9.26 Å². The summed E-state index contributed by atoms with van der Waals surface area (Å²) in [4.78, 5) is 2.29. The van der Waals surface area contributed by atoms with Gasteiger partial charge in [-0.3, -0.25) is 0 Å². The maximum atomic E-state index is 6.08. The molecule has 1 aliphatic heterocycles. The summed E-state index contributed by atoms with van der Waals surface area (Å²) in [5.74, 6) is 3.19. The minimum atomic E-state index is 0.433. The van der Waals surface area contributed by atoms with Crippen LogP contribution in [0.15, 0.2) is 34.9 Å². The summed E-state index contributed by atoms with van der Waals surface area (Å²) >= 11 is 5.86. The van der Waals surface area contributed by atoms with Crippen molar-refractivity contribution >= 4 is 34.5 Å². The molecule has 1 saturated heterocycles. The Morgan fingerprint density at radius 3 is 2.66 bits per heavy atom. The molecule has 168 valence electrons. The lowest BCUT2D eigenvalue weighted by Crippen LogP contribution is -2.34. The van der Waals surface area contributed by atoms with Crippen molar-refractivity contribution in [2.45, 2.75) is 45.4 Å². The maximum absolute atomic E-state index is 6.08. The molecule has 0 bridgehead atoms. The summed E-state index contributed by atoms with van der Waals surface area (Å²) in [6, 6.07) is 7.93. The van der Waals surface area contributed by atoms with Gasteiger partial charge in [0.25, 0.3) is 0 Å². The van der Waals surface area contributed by atoms with Gasteiger partial charge in [0.2, 0.25) is 0 Å². The highest BCUT2D eigenvalue weighted by Crippen LogP contribution is 2.35. The van der Waals surface area contributed by atoms with Gasteiger partial charge < -0.3 is 14.2 Å². The SMILES string of the molecule is C/C=C\c1c(OCC2CC2)ccc2c(CCC3CCN(c4ccc(Cl)nn4)CC3)noc12. The molecular formula is C25H29ClN4O2. The minimum absolute atomic E-state index is 0.433. The van der Waals surface area contributed by atoms with Crippen molar-refractivity contribution in [2.75, 3.05) is 24.6 Å². The number of anilines is 1. The fourth-order valence-corrected chi connectivity index (χ4v) is 4.55. The first-order chi connectivity index (χ1) is 15.7. The number of aryl methyl sites for hydroxylation is 1. The molecule has 0 N–H and O–H groups in total. The van der Waals surface area contributed by atoms with Crippen LogP contribution in [-0.2, 0) is 6.42 Å². The Hall–Kier alpha value is -2.60. The highest BCUT2D eigenvalue weighted by atomic mass is 35.5. The third-order valence-electron chi connectivity index (χ3n) is 6.56. The number of hydrogen-bond acceptors (Lipinski definition) is 6. The Morgan fingerprint density at radius 2 is 1.94 bits per heavy atom. The minimum Gasteiger partial charge on any atom is -0.493 e. The summed E-state index contributed by atoms with van der Waals surface area (Å²) in [5.41, 5.74) is 2.88. The molecule has 2 fully saturated rings. The molecule has 1 aromatic carbocycles. The van der Waals surface area contributed by atoms with Crippen LogP contribution >= 0.6 is 11.6 Å². The summed E-state index contributed by atoms with van der Waals surface area (Å²) in [6.45, 7) is 4.79. The lowest BCUT2D eigenvalue weighted by atomic mass is 9.91. The molecule has 1 saturated carbocycles. The molecule has 0 unspecified atom stereocenters. The van der Waals surface area contributed by atoms with Gasteiger partial charge in [-0.25, -0.2) is 0 Å². The largest absolute Gasteiger partial charge is 0.493 e. The number of rotatable bonds is 8. The van der Waals surface area contributed by atoms with Crippen LogP contribution in [0.1, 0.15) is 50.3 Å². The molecular weight excluding hydrogens is 424 g/mol. The molecule has 2 aliphatic rings. The average molecular weight is 453 g/mol. The van der Waals surface area contributed by atoms with E-state index < -0.39 is 0 Å². The number of hydrogen-bond donors (Lipinski definition) is 0. The number of ether oxygens (including phenoxy) is 1. The first-order valence-corrected chi connectivity index (χ1v) is 12.0. The van der Waals surface area contributed by atoms with Gasteiger partial charge >= 0.3 is 0 Å². The smallest absolute Gasteiger partial charge is 0.178 e. The van der Waals surface area contributed by atoms with Crippen LogP contribution < -0.4 is 9.64 Å². The van der Waals surface area contributed by atoms with E-state index in [1.54, 1.807) is 6.07 Å². The van der Waals surface area contributed by atoms with Crippen molar-refractivity contribution in [1.82, 2.24) is 15.4 Å². The molecule has 0 amide bonds. The van der Waals surface area contributed by atoms with E-state index >= 15 is 0 Å². The summed E-state index contributed by atoms with van der Waals surface area (Å²) < 4.78 is 11.9. The molecule has 0 atom stereocenters. The van der Waals surface area contributed by atoms with E-state index in [9.17, 15) is 0 Å². The number of fused-ring (bicyclic) bond motifs is 1. The van der Waals surface area contributed by atoms with Gasteiger partial charge in [-0.2, -0.15) is 0 Å². The zero-order chi connectivity index (χ0) is 21.9. The second kappa shape index (κ2) is 9.49. The molecule has 0 radical (unpaired) electrons. The number of allylic oxidation sites excluding steroid dienone is 1. The second-order valence-corrected chi connectivity index (χ2v) is 9.31. The predicted octanol–water partition coefficient (Wildman–Crippen LogP) is 5.94. The second-order valence-electron chi connectivity index (χ2n) is 8.92. The van der Waals surface area contributed by atoms with Crippen LogP contribution in [0.3, 0.4) is 0 Å². The van der Waals surface area contributed by atoms with Crippen molar-refractivity contribution in [3.8, 4) is 5.75 Å². The van der Waals surface area contributed by atoms with Crippen molar-refractivity contribution in [3.05, 3.63) is 46.8 Å². The lowest BCUT2D eigenvalue weighted by molar-refractivity contribution is 0.299.